The van der Waals surface area contributed by atoms with Crippen molar-refractivity contribution in [3.8, 4) is 0 Å². The van der Waals surface area contributed by atoms with Crippen molar-refractivity contribution in [2.45, 2.75) is 0 Å². The van der Waals surface area contributed by atoms with E-state index in [0.29, 0.717) is 11.5 Å². The fourth-order valence-corrected chi connectivity index (χ4v) is 1.75. The Morgan fingerprint density at radius 3 is 2.47 bits per heavy atom. The number of aromatic nitrogens is 1. The van der Waals surface area contributed by atoms with Crippen LogP contribution in [0.3, 0.4) is 0 Å². The average molecular weight is 281 g/mol. The summed E-state index contributed by atoms with van der Waals surface area (Å²) >= 11 is 5.75. The molecule has 2 aromatic rings. The van der Waals surface area contributed by atoms with E-state index >= 15 is 0 Å². The Labute approximate surface area is 114 Å². The van der Waals surface area contributed by atoms with Gasteiger partial charge in [0.2, 0.25) is 0 Å². The first-order valence-electron chi connectivity index (χ1n) is 5.38. The first-order valence-corrected chi connectivity index (χ1v) is 5.76. The summed E-state index contributed by atoms with van der Waals surface area (Å²) in [5.41, 5.74) is 0.473. The maximum Gasteiger partial charge on any atom is 0.356 e. The van der Waals surface area contributed by atoms with Gasteiger partial charge < -0.3 is 10.0 Å². The van der Waals surface area contributed by atoms with E-state index in [-0.39, 0.29) is 16.5 Å². The molecule has 0 saturated heterocycles. The zero-order valence-electron chi connectivity index (χ0n) is 9.97. The zero-order valence-corrected chi connectivity index (χ0v) is 10.7. The number of carbonyl (C=O) groups is 1. The van der Waals surface area contributed by atoms with Crippen LogP contribution in [0.25, 0.3) is 0 Å². The van der Waals surface area contributed by atoms with Crippen LogP contribution in [-0.4, -0.2) is 23.1 Å². The first kappa shape index (κ1) is 13.3. The van der Waals surface area contributed by atoms with E-state index in [1.807, 2.05) is 0 Å². The van der Waals surface area contributed by atoms with Crippen molar-refractivity contribution in [1.29, 1.82) is 0 Å². The summed E-state index contributed by atoms with van der Waals surface area (Å²) in [7, 11) is 1.70. The predicted molar refractivity (Wildman–Crippen MR) is 70.7 cm³/mol. The molecule has 1 heterocycles. The van der Waals surface area contributed by atoms with Gasteiger partial charge in [-0.15, -0.1) is 0 Å². The predicted octanol–water partition coefficient (Wildman–Crippen LogP) is 3.34. The number of pyridine rings is 1. The lowest BCUT2D eigenvalue weighted by Crippen LogP contribution is -2.13. The average Bonchev–Trinajstić information content (AvgIpc) is 2.39. The van der Waals surface area contributed by atoms with Crippen LogP contribution in [-0.2, 0) is 0 Å². The molecule has 0 atom stereocenters. The Morgan fingerprint density at radius 2 is 1.89 bits per heavy atom. The van der Waals surface area contributed by atoms with Crippen LogP contribution >= 0.6 is 11.6 Å². The molecular weight excluding hydrogens is 271 g/mol. The van der Waals surface area contributed by atoms with Crippen molar-refractivity contribution in [3.63, 3.8) is 0 Å². The number of benzene rings is 1. The van der Waals surface area contributed by atoms with Crippen molar-refractivity contribution >= 4 is 29.1 Å². The second kappa shape index (κ2) is 5.24. The lowest BCUT2D eigenvalue weighted by atomic mass is 10.2. The van der Waals surface area contributed by atoms with Gasteiger partial charge in [-0.25, -0.2) is 14.2 Å². The van der Waals surface area contributed by atoms with Crippen molar-refractivity contribution in [1.82, 2.24) is 4.98 Å². The number of halogens is 2. The minimum Gasteiger partial charge on any atom is -0.476 e. The molecular formula is C13H10ClFN2O2. The third kappa shape index (κ3) is 2.82. The Hall–Kier alpha value is -2.14. The second-order valence-electron chi connectivity index (χ2n) is 3.84. The molecule has 0 aliphatic rings. The van der Waals surface area contributed by atoms with Gasteiger partial charge in [-0.2, -0.15) is 0 Å². The number of nitrogens with zero attached hydrogens (tertiary/aromatic N) is 2. The third-order valence-electron chi connectivity index (χ3n) is 2.59. The summed E-state index contributed by atoms with van der Waals surface area (Å²) < 4.78 is 12.8. The van der Waals surface area contributed by atoms with E-state index in [2.05, 4.69) is 4.98 Å². The Kier molecular flexibility index (Phi) is 3.66. The molecule has 0 aliphatic heterocycles. The van der Waals surface area contributed by atoms with Crippen LogP contribution in [0.2, 0.25) is 5.02 Å². The topological polar surface area (TPSA) is 53.4 Å². The highest BCUT2D eigenvalue weighted by molar-refractivity contribution is 6.33. The lowest BCUT2D eigenvalue weighted by molar-refractivity contribution is 0.0691. The van der Waals surface area contributed by atoms with Crippen molar-refractivity contribution in [2.75, 3.05) is 11.9 Å². The van der Waals surface area contributed by atoms with E-state index in [1.54, 1.807) is 30.1 Å². The zero-order chi connectivity index (χ0) is 14.0. The molecule has 1 aromatic carbocycles. The van der Waals surface area contributed by atoms with Crippen LogP contribution in [0.15, 0.2) is 36.4 Å². The summed E-state index contributed by atoms with van der Waals surface area (Å²) in [6.07, 6.45) is 0. The van der Waals surface area contributed by atoms with Crippen molar-refractivity contribution in [3.05, 3.63) is 52.9 Å². The molecule has 0 fully saturated rings. The third-order valence-corrected chi connectivity index (χ3v) is 2.90. The minimum absolute atomic E-state index is 0.0729. The maximum absolute atomic E-state index is 12.8. The number of rotatable bonds is 3. The molecule has 1 N–H and O–H groups in total. The van der Waals surface area contributed by atoms with E-state index in [9.17, 15) is 9.18 Å². The molecule has 0 amide bonds. The minimum atomic E-state index is -1.20. The number of carboxylic acid groups (broad SMARTS) is 1. The van der Waals surface area contributed by atoms with Gasteiger partial charge >= 0.3 is 5.97 Å². The monoisotopic (exact) mass is 280 g/mol. The van der Waals surface area contributed by atoms with Gasteiger partial charge in [-0.1, -0.05) is 11.6 Å². The normalized spacial score (nSPS) is 10.3. The van der Waals surface area contributed by atoms with Crippen LogP contribution in [0.5, 0.6) is 0 Å². The van der Waals surface area contributed by atoms with Crippen molar-refractivity contribution < 1.29 is 14.3 Å². The molecule has 0 aliphatic carbocycles. The van der Waals surface area contributed by atoms with Crippen LogP contribution in [0, 0.1) is 5.82 Å². The molecule has 4 nitrogen and oxygen atoms in total. The van der Waals surface area contributed by atoms with E-state index in [0.717, 1.165) is 0 Å². The highest BCUT2D eigenvalue weighted by atomic mass is 35.5. The van der Waals surface area contributed by atoms with Gasteiger partial charge in [0.15, 0.2) is 5.69 Å². The molecule has 6 heteroatoms. The van der Waals surface area contributed by atoms with E-state index in [1.165, 1.54) is 18.2 Å². The van der Waals surface area contributed by atoms with Gasteiger partial charge in [0.1, 0.15) is 11.6 Å². The molecule has 0 unspecified atom stereocenters. The number of hydrogen-bond donors (Lipinski definition) is 1. The van der Waals surface area contributed by atoms with Gasteiger partial charge in [0, 0.05) is 12.7 Å². The first-order chi connectivity index (χ1) is 8.99. The molecule has 0 radical (unpaired) electrons. The van der Waals surface area contributed by atoms with Crippen LogP contribution < -0.4 is 4.90 Å². The van der Waals surface area contributed by atoms with Gasteiger partial charge in [0.05, 0.1) is 5.02 Å². The number of hydrogen-bond acceptors (Lipinski definition) is 3. The summed E-state index contributed by atoms with van der Waals surface area (Å²) in [6.45, 7) is 0. The van der Waals surface area contributed by atoms with E-state index in [4.69, 9.17) is 16.7 Å². The number of anilines is 2. The van der Waals surface area contributed by atoms with Gasteiger partial charge in [-0.05, 0) is 36.4 Å². The van der Waals surface area contributed by atoms with Gasteiger partial charge in [0.25, 0.3) is 0 Å². The molecule has 0 bridgehead atoms. The smallest absolute Gasteiger partial charge is 0.356 e. The van der Waals surface area contributed by atoms with Gasteiger partial charge in [-0.3, -0.25) is 0 Å². The summed E-state index contributed by atoms with van der Waals surface area (Å²) in [5, 5.41) is 9.04. The molecule has 2 rings (SSSR count). The Morgan fingerprint density at radius 1 is 1.26 bits per heavy atom. The second-order valence-corrected chi connectivity index (χ2v) is 4.25. The number of aromatic carboxylic acids is 1. The van der Waals surface area contributed by atoms with Crippen LogP contribution in [0.1, 0.15) is 10.5 Å². The fraction of sp³-hybridized carbons (Fsp3) is 0.0769. The highest BCUT2D eigenvalue weighted by Crippen LogP contribution is 2.24. The number of carboxylic acids is 1. The highest BCUT2D eigenvalue weighted by Gasteiger charge is 2.14. The molecule has 19 heavy (non-hydrogen) atoms. The van der Waals surface area contributed by atoms with Crippen LogP contribution in [0.4, 0.5) is 15.9 Å². The standard InChI is InChI=1S/C13H10ClFN2O2/c1-17(9-4-2-8(15)3-5-9)11-7-6-10(14)12(16-11)13(18)19/h2-7H,1H3,(H,18,19). The maximum atomic E-state index is 12.8. The SMILES string of the molecule is CN(c1ccc(F)cc1)c1ccc(Cl)c(C(=O)O)n1. The fourth-order valence-electron chi connectivity index (χ4n) is 1.57. The molecule has 1 aromatic heterocycles. The van der Waals surface area contributed by atoms with E-state index < -0.39 is 5.97 Å². The Balaban J connectivity index is 2.38. The summed E-state index contributed by atoms with van der Waals surface area (Å²) in [5.74, 6) is -1.12. The molecule has 0 saturated carbocycles. The largest absolute Gasteiger partial charge is 0.476 e. The summed E-state index contributed by atoms with van der Waals surface area (Å²) in [4.78, 5) is 16.6. The summed E-state index contributed by atoms with van der Waals surface area (Å²) in [6, 6.07) is 8.85. The quantitative estimate of drug-likeness (QED) is 0.937. The van der Waals surface area contributed by atoms with Crippen molar-refractivity contribution in [2.24, 2.45) is 0 Å². The molecule has 0 spiro atoms. The lowest BCUT2D eigenvalue weighted by Gasteiger charge is -2.18. The molecule has 98 valence electrons. The Bertz CT molecular complexity index is 617.